The third kappa shape index (κ3) is 4.94. The first-order chi connectivity index (χ1) is 9.63. The van der Waals surface area contributed by atoms with E-state index in [1.165, 1.54) is 38.5 Å². The highest BCUT2D eigenvalue weighted by atomic mass is 16.4. The molecule has 112 valence electrons. The van der Waals surface area contributed by atoms with E-state index in [9.17, 15) is 4.79 Å². The summed E-state index contributed by atoms with van der Waals surface area (Å²) in [4.78, 5) is 10.6. The number of carbonyl (C=O) groups is 1. The summed E-state index contributed by atoms with van der Waals surface area (Å²) in [6, 6.07) is 0. The minimum absolute atomic E-state index is 0.0266. The Morgan fingerprint density at radius 1 is 1.25 bits per heavy atom. The molecule has 1 N–H and O–H groups in total. The monoisotopic (exact) mass is 280 g/mol. The Morgan fingerprint density at radius 3 is 2.55 bits per heavy atom. The second-order valence-corrected chi connectivity index (χ2v) is 6.06. The van der Waals surface area contributed by atoms with E-state index in [4.69, 9.17) is 9.52 Å². The molecular weight excluding hydrogens is 256 g/mol. The van der Waals surface area contributed by atoms with Crippen LogP contribution >= 0.6 is 0 Å². The fraction of sp³-hybridized carbons (Fsp3) is 0.800. The van der Waals surface area contributed by atoms with E-state index >= 15 is 0 Å². The fourth-order valence-corrected chi connectivity index (χ4v) is 2.94. The lowest BCUT2D eigenvalue weighted by atomic mass is 9.97. The van der Waals surface area contributed by atoms with Crippen molar-refractivity contribution in [3.63, 3.8) is 0 Å². The second-order valence-electron chi connectivity index (χ2n) is 6.06. The van der Waals surface area contributed by atoms with Crippen molar-refractivity contribution in [3.8, 4) is 0 Å². The first kappa shape index (κ1) is 15.0. The number of aliphatic carboxylic acids is 1. The van der Waals surface area contributed by atoms with Gasteiger partial charge < -0.3 is 9.52 Å². The van der Waals surface area contributed by atoms with Gasteiger partial charge in [-0.1, -0.05) is 32.6 Å². The zero-order valence-corrected chi connectivity index (χ0v) is 12.2. The first-order valence-electron chi connectivity index (χ1n) is 7.66. The van der Waals surface area contributed by atoms with Crippen molar-refractivity contribution < 1.29 is 14.3 Å². The van der Waals surface area contributed by atoms with Crippen LogP contribution < -0.4 is 0 Å². The van der Waals surface area contributed by atoms with Crippen molar-refractivity contribution in [1.29, 1.82) is 0 Å². The SMILES string of the molecule is CC(CC(=O)O)Cc1nnc(CC2CCCCCC2)o1. The quantitative estimate of drug-likeness (QED) is 0.809. The van der Waals surface area contributed by atoms with E-state index in [1.807, 2.05) is 6.92 Å². The molecule has 1 heterocycles. The lowest BCUT2D eigenvalue weighted by Gasteiger charge is -2.10. The summed E-state index contributed by atoms with van der Waals surface area (Å²) in [6.45, 7) is 1.89. The summed E-state index contributed by atoms with van der Waals surface area (Å²) in [6.07, 6.45) is 9.38. The van der Waals surface area contributed by atoms with Gasteiger partial charge in [-0.05, 0) is 24.7 Å². The summed E-state index contributed by atoms with van der Waals surface area (Å²) in [7, 11) is 0. The average molecular weight is 280 g/mol. The maximum atomic E-state index is 10.6. The van der Waals surface area contributed by atoms with E-state index in [2.05, 4.69) is 10.2 Å². The van der Waals surface area contributed by atoms with Crippen LogP contribution in [-0.4, -0.2) is 21.3 Å². The molecule has 0 bridgehead atoms. The zero-order chi connectivity index (χ0) is 14.4. The van der Waals surface area contributed by atoms with Crippen LogP contribution in [0.5, 0.6) is 0 Å². The summed E-state index contributed by atoms with van der Waals surface area (Å²) >= 11 is 0. The van der Waals surface area contributed by atoms with E-state index in [0.29, 0.717) is 18.2 Å². The molecule has 20 heavy (non-hydrogen) atoms. The van der Waals surface area contributed by atoms with Gasteiger partial charge in [0.25, 0.3) is 0 Å². The van der Waals surface area contributed by atoms with Crippen molar-refractivity contribution in [2.45, 2.75) is 64.7 Å². The highest BCUT2D eigenvalue weighted by Crippen LogP contribution is 2.25. The van der Waals surface area contributed by atoms with Crippen LogP contribution in [0.4, 0.5) is 0 Å². The van der Waals surface area contributed by atoms with Gasteiger partial charge in [-0.3, -0.25) is 4.79 Å². The predicted octanol–water partition coefficient (Wildman–Crippen LogP) is 3.24. The average Bonchev–Trinajstić information content (AvgIpc) is 2.63. The van der Waals surface area contributed by atoms with Gasteiger partial charge >= 0.3 is 5.97 Å². The fourth-order valence-electron chi connectivity index (χ4n) is 2.94. The van der Waals surface area contributed by atoms with Gasteiger partial charge in [-0.25, -0.2) is 0 Å². The van der Waals surface area contributed by atoms with Crippen molar-refractivity contribution >= 4 is 5.97 Å². The highest BCUT2D eigenvalue weighted by Gasteiger charge is 2.18. The molecule has 1 fully saturated rings. The lowest BCUT2D eigenvalue weighted by Crippen LogP contribution is -2.07. The summed E-state index contributed by atoms with van der Waals surface area (Å²) in [5.74, 6) is 1.20. The molecule has 1 unspecified atom stereocenters. The second kappa shape index (κ2) is 7.41. The van der Waals surface area contributed by atoms with Crippen LogP contribution in [0.1, 0.15) is 63.7 Å². The number of nitrogens with zero attached hydrogens (tertiary/aromatic N) is 2. The van der Waals surface area contributed by atoms with E-state index in [0.717, 1.165) is 12.3 Å². The van der Waals surface area contributed by atoms with Gasteiger partial charge in [-0.2, -0.15) is 0 Å². The van der Waals surface area contributed by atoms with Crippen LogP contribution in [-0.2, 0) is 17.6 Å². The Labute approximate surface area is 119 Å². The maximum Gasteiger partial charge on any atom is 0.303 e. The number of carboxylic acid groups (broad SMARTS) is 1. The van der Waals surface area contributed by atoms with Crippen LogP contribution in [0, 0.1) is 11.8 Å². The zero-order valence-electron chi connectivity index (χ0n) is 12.2. The molecule has 0 spiro atoms. The van der Waals surface area contributed by atoms with Crippen LogP contribution in [0.2, 0.25) is 0 Å². The van der Waals surface area contributed by atoms with Crippen molar-refractivity contribution in [1.82, 2.24) is 10.2 Å². The Morgan fingerprint density at radius 2 is 1.90 bits per heavy atom. The van der Waals surface area contributed by atoms with Crippen molar-refractivity contribution in [2.75, 3.05) is 0 Å². The predicted molar refractivity (Wildman–Crippen MR) is 74.3 cm³/mol. The molecule has 1 saturated carbocycles. The van der Waals surface area contributed by atoms with E-state index < -0.39 is 5.97 Å². The van der Waals surface area contributed by atoms with Gasteiger partial charge in [0.1, 0.15) is 0 Å². The molecular formula is C15H24N2O3. The minimum Gasteiger partial charge on any atom is -0.481 e. The Hall–Kier alpha value is -1.39. The molecule has 0 saturated heterocycles. The molecule has 0 aromatic carbocycles. The van der Waals surface area contributed by atoms with Gasteiger partial charge in [0.15, 0.2) is 0 Å². The number of carboxylic acids is 1. The van der Waals surface area contributed by atoms with Gasteiger partial charge in [0.05, 0.1) is 0 Å². The topological polar surface area (TPSA) is 76.2 Å². The summed E-state index contributed by atoms with van der Waals surface area (Å²) < 4.78 is 5.66. The van der Waals surface area contributed by atoms with E-state index in [-0.39, 0.29) is 12.3 Å². The van der Waals surface area contributed by atoms with Gasteiger partial charge in [0.2, 0.25) is 11.8 Å². The summed E-state index contributed by atoms with van der Waals surface area (Å²) in [5, 5.41) is 16.9. The Kier molecular flexibility index (Phi) is 5.56. The molecule has 1 aromatic heterocycles. The molecule has 1 atom stereocenters. The minimum atomic E-state index is -0.782. The molecule has 0 aliphatic heterocycles. The molecule has 1 aromatic rings. The van der Waals surface area contributed by atoms with Crippen LogP contribution in [0.3, 0.4) is 0 Å². The summed E-state index contributed by atoms with van der Waals surface area (Å²) in [5.41, 5.74) is 0. The normalized spacial score (nSPS) is 18.6. The molecule has 1 aliphatic carbocycles. The third-order valence-electron chi connectivity index (χ3n) is 3.99. The molecule has 1 aliphatic rings. The largest absolute Gasteiger partial charge is 0.481 e. The van der Waals surface area contributed by atoms with Crippen molar-refractivity contribution in [2.24, 2.45) is 11.8 Å². The van der Waals surface area contributed by atoms with Gasteiger partial charge in [-0.15, -0.1) is 10.2 Å². The third-order valence-corrected chi connectivity index (χ3v) is 3.99. The highest BCUT2D eigenvalue weighted by molar-refractivity contribution is 5.66. The molecule has 5 heteroatoms. The van der Waals surface area contributed by atoms with Crippen LogP contribution in [0.15, 0.2) is 4.42 Å². The number of aromatic nitrogens is 2. The van der Waals surface area contributed by atoms with E-state index in [1.54, 1.807) is 0 Å². The number of hydrogen-bond donors (Lipinski definition) is 1. The lowest BCUT2D eigenvalue weighted by molar-refractivity contribution is -0.137. The maximum absolute atomic E-state index is 10.6. The molecule has 0 radical (unpaired) electrons. The molecule has 2 rings (SSSR count). The molecule has 0 amide bonds. The first-order valence-corrected chi connectivity index (χ1v) is 7.66. The number of hydrogen-bond acceptors (Lipinski definition) is 4. The number of rotatable bonds is 6. The van der Waals surface area contributed by atoms with Crippen LogP contribution in [0.25, 0.3) is 0 Å². The van der Waals surface area contributed by atoms with Gasteiger partial charge in [0, 0.05) is 19.3 Å². The van der Waals surface area contributed by atoms with Crippen molar-refractivity contribution in [3.05, 3.63) is 11.8 Å². The Bertz CT molecular complexity index is 423. The standard InChI is InChI=1S/C15H24N2O3/c1-11(9-15(18)19)8-13-16-17-14(20-13)10-12-6-4-2-3-5-7-12/h11-12H,2-10H2,1H3,(H,18,19). The smallest absolute Gasteiger partial charge is 0.303 e. The molecule has 5 nitrogen and oxygen atoms in total. The Balaban J connectivity index is 1.83.